The van der Waals surface area contributed by atoms with E-state index in [0.717, 1.165) is 11.3 Å². The van der Waals surface area contributed by atoms with E-state index in [2.05, 4.69) is 10.1 Å². The minimum absolute atomic E-state index is 0.134. The largest absolute Gasteiger partial charge is 0.465 e. The second-order valence-electron chi connectivity index (χ2n) is 5.57. The van der Waals surface area contributed by atoms with Crippen LogP contribution < -0.4 is 10.2 Å². The van der Waals surface area contributed by atoms with Crippen molar-refractivity contribution in [3.63, 3.8) is 0 Å². The van der Waals surface area contributed by atoms with Crippen LogP contribution >= 0.6 is 0 Å². The molecule has 1 heterocycles. The molecule has 0 bridgehead atoms. The lowest BCUT2D eigenvalue weighted by Gasteiger charge is -2.24. The van der Waals surface area contributed by atoms with Gasteiger partial charge in [-0.15, -0.1) is 0 Å². The molecule has 0 aliphatic carbocycles. The molecule has 0 saturated carbocycles. The van der Waals surface area contributed by atoms with Gasteiger partial charge >= 0.3 is 5.97 Å². The standard InChI is InChI=1S/C18H17FN2O3/c1-24-18(23)13-4-2-12(3-5-13)11-21-9-8-17(22)20-15-10-14(19)6-7-16(15)21/h2-7,10H,8-9,11H2,1H3,(H,20,22). The number of nitrogens with zero attached hydrogens (tertiary/aromatic N) is 1. The van der Waals surface area contributed by atoms with E-state index in [1.54, 1.807) is 18.2 Å². The quantitative estimate of drug-likeness (QED) is 0.880. The summed E-state index contributed by atoms with van der Waals surface area (Å²) in [5.74, 6) is -0.907. The van der Waals surface area contributed by atoms with Crippen molar-refractivity contribution in [2.75, 3.05) is 23.9 Å². The Kier molecular flexibility index (Phi) is 4.46. The molecule has 0 spiro atoms. The number of halogens is 1. The van der Waals surface area contributed by atoms with E-state index < -0.39 is 5.82 Å². The van der Waals surface area contributed by atoms with Crippen LogP contribution in [-0.4, -0.2) is 25.5 Å². The van der Waals surface area contributed by atoms with Crippen LogP contribution in [0.3, 0.4) is 0 Å². The molecule has 2 aromatic rings. The topological polar surface area (TPSA) is 58.6 Å². The number of hydrogen-bond acceptors (Lipinski definition) is 4. The Hall–Kier alpha value is -2.89. The van der Waals surface area contributed by atoms with E-state index in [9.17, 15) is 14.0 Å². The Bertz CT molecular complexity index is 774. The van der Waals surface area contributed by atoms with Crippen LogP contribution in [0.2, 0.25) is 0 Å². The first-order chi connectivity index (χ1) is 11.6. The van der Waals surface area contributed by atoms with Gasteiger partial charge in [0.15, 0.2) is 0 Å². The fourth-order valence-corrected chi connectivity index (χ4v) is 2.70. The number of carbonyl (C=O) groups excluding carboxylic acids is 2. The highest BCUT2D eigenvalue weighted by Gasteiger charge is 2.20. The molecule has 1 N–H and O–H groups in total. The molecule has 0 saturated heterocycles. The molecule has 0 atom stereocenters. The van der Waals surface area contributed by atoms with Gasteiger partial charge in [0.25, 0.3) is 0 Å². The third-order valence-corrected chi connectivity index (χ3v) is 3.93. The maximum absolute atomic E-state index is 13.4. The number of esters is 1. The maximum Gasteiger partial charge on any atom is 0.337 e. The van der Waals surface area contributed by atoms with Gasteiger partial charge in [-0.05, 0) is 35.9 Å². The minimum atomic E-state index is -0.390. The summed E-state index contributed by atoms with van der Waals surface area (Å²) in [6.07, 6.45) is 0.330. The summed E-state index contributed by atoms with van der Waals surface area (Å²) in [6.45, 7) is 1.08. The summed E-state index contributed by atoms with van der Waals surface area (Å²) < 4.78 is 18.1. The first kappa shape index (κ1) is 16.0. The van der Waals surface area contributed by atoms with Crippen molar-refractivity contribution >= 4 is 23.3 Å². The van der Waals surface area contributed by atoms with Crippen LogP contribution in [0.1, 0.15) is 22.3 Å². The summed E-state index contributed by atoms with van der Waals surface area (Å²) in [7, 11) is 1.34. The minimum Gasteiger partial charge on any atom is -0.465 e. The van der Waals surface area contributed by atoms with Crippen molar-refractivity contribution < 1.29 is 18.7 Å². The normalized spacial score (nSPS) is 13.8. The van der Waals surface area contributed by atoms with Crippen molar-refractivity contribution in [3.05, 3.63) is 59.4 Å². The Labute approximate surface area is 139 Å². The highest BCUT2D eigenvalue weighted by atomic mass is 19.1. The van der Waals surface area contributed by atoms with Crippen molar-refractivity contribution in [2.24, 2.45) is 0 Å². The van der Waals surface area contributed by atoms with E-state index in [4.69, 9.17) is 0 Å². The van der Waals surface area contributed by atoms with Crippen LogP contribution in [0.4, 0.5) is 15.8 Å². The predicted octanol–water partition coefficient (Wildman–Crippen LogP) is 2.96. The number of methoxy groups -OCH3 is 1. The zero-order chi connectivity index (χ0) is 17.1. The average Bonchev–Trinajstić information content (AvgIpc) is 2.73. The Balaban J connectivity index is 1.84. The van der Waals surface area contributed by atoms with Crippen LogP contribution in [0.15, 0.2) is 42.5 Å². The van der Waals surface area contributed by atoms with E-state index in [-0.39, 0.29) is 11.9 Å². The second kappa shape index (κ2) is 6.70. The lowest BCUT2D eigenvalue weighted by atomic mass is 10.1. The van der Waals surface area contributed by atoms with Gasteiger partial charge < -0.3 is 15.0 Å². The fourth-order valence-electron chi connectivity index (χ4n) is 2.70. The van der Waals surface area contributed by atoms with E-state index in [1.165, 1.54) is 19.2 Å². The molecule has 0 unspecified atom stereocenters. The second-order valence-corrected chi connectivity index (χ2v) is 5.57. The molecule has 1 aliphatic rings. The number of anilines is 2. The number of hydrogen-bond donors (Lipinski definition) is 1. The molecular weight excluding hydrogens is 311 g/mol. The highest BCUT2D eigenvalue weighted by Crippen LogP contribution is 2.30. The molecule has 6 heteroatoms. The first-order valence-electron chi connectivity index (χ1n) is 7.58. The number of fused-ring (bicyclic) bond motifs is 1. The fraction of sp³-hybridized carbons (Fsp3) is 0.222. The molecule has 5 nitrogen and oxygen atoms in total. The summed E-state index contributed by atoms with van der Waals surface area (Å²) in [4.78, 5) is 25.3. The van der Waals surface area contributed by atoms with Crippen LogP contribution in [-0.2, 0) is 16.1 Å². The number of ether oxygens (including phenoxy) is 1. The van der Waals surface area contributed by atoms with Gasteiger partial charge in [-0.25, -0.2) is 9.18 Å². The van der Waals surface area contributed by atoms with Gasteiger partial charge in [0.1, 0.15) is 5.82 Å². The average molecular weight is 328 g/mol. The highest BCUT2D eigenvalue weighted by molar-refractivity contribution is 5.96. The number of nitrogens with one attached hydrogen (secondary N) is 1. The van der Waals surface area contributed by atoms with Gasteiger partial charge in [0.05, 0.1) is 24.0 Å². The van der Waals surface area contributed by atoms with Gasteiger partial charge in [-0.2, -0.15) is 0 Å². The summed E-state index contributed by atoms with van der Waals surface area (Å²) in [5, 5.41) is 2.73. The molecule has 24 heavy (non-hydrogen) atoms. The Morgan fingerprint density at radius 1 is 1.25 bits per heavy atom. The van der Waals surface area contributed by atoms with Crippen LogP contribution in [0.5, 0.6) is 0 Å². The van der Waals surface area contributed by atoms with E-state index in [0.29, 0.717) is 30.8 Å². The molecule has 2 aromatic carbocycles. The van der Waals surface area contributed by atoms with Crippen LogP contribution in [0.25, 0.3) is 0 Å². The number of amides is 1. The monoisotopic (exact) mass is 328 g/mol. The van der Waals surface area contributed by atoms with Gasteiger partial charge in [0.2, 0.25) is 5.91 Å². The lowest BCUT2D eigenvalue weighted by Crippen LogP contribution is -2.24. The Morgan fingerprint density at radius 3 is 2.71 bits per heavy atom. The molecular formula is C18H17FN2O3. The van der Waals surface area contributed by atoms with Crippen molar-refractivity contribution in [1.29, 1.82) is 0 Å². The number of rotatable bonds is 3. The third-order valence-electron chi connectivity index (χ3n) is 3.93. The zero-order valence-corrected chi connectivity index (χ0v) is 13.2. The van der Waals surface area contributed by atoms with Gasteiger partial charge in [-0.3, -0.25) is 4.79 Å². The lowest BCUT2D eigenvalue weighted by molar-refractivity contribution is -0.115. The van der Waals surface area contributed by atoms with Gasteiger partial charge in [-0.1, -0.05) is 12.1 Å². The summed E-state index contributed by atoms with van der Waals surface area (Å²) in [6, 6.07) is 11.5. The number of benzene rings is 2. The smallest absolute Gasteiger partial charge is 0.337 e. The predicted molar refractivity (Wildman–Crippen MR) is 88.5 cm³/mol. The van der Waals surface area contributed by atoms with E-state index in [1.807, 2.05) is 17.0 Å². The SMILES string of the molecule is COC(=O)c1ccc(CN2CCC(=O)Nc3cc(F)ccc32)cc1. The van der Waals surface area contributed by atoms with Crippen LogP contribution in [0, 0.1) is 5.82 Å². The number of carbonyl (C=O) groups is 2. The van der Waals surface area contributed by atoms with E-state index >= 15 is 0 Å². The third kappa shape index (κ3) is 3.37. The maximum atomic E-state index is 13.4. The van der Waals surface area contributed by atoms with Crippen molar-refractivity contribution in [2.45, 2.75) is 13.0 Å². The van der Waals surface area contributed by atoms with Gasteiger partial charge in [0, 0.05) is 19.5 Å². The van der Waals surface area contributed by atoms with Crippen molar-refractivity contribution in [1.82, 2.24) is 0 Å². The molecule has 0 radical (unpaired) electrons. The molecule has 3 rings (SSSR count). The zero-order valence-electron chi connectivity index (χ0n) is 13.2. The summed E-state index contributed by atoms with van der Waals surface area (Å²) in [5.41, 5.74) is 2.71. The first-order valence-corrected chi connectivity index (χ1v) is 7.58. The molecule has 1 amide bonds. The molecule has 124 valence electrons. The molecule has 0 aromatic heterocycles. The van der Waals surface area contributed by atoms with Crippen molar-refractivity contribution in [3.8, 4) is 0 Å². The summed E-state index contributed by atoms with van der Waals surface area (Å²) >= 11 is 0. The Morgan fingerprint density at radius 2 is 2.00 bits per heavy atom. The molecule has 1 aliphatic heterocycles. The molecule has 0 fully saturated rings.